The molecule has 1 amide bonds. The maximum atomic E-state index is 11.8. The van der Waals surface area contributed by atoms with Crippen LogP contribution in [0.2, 0.25) is 0 Å². The fraction of sp³-hybridized carbons (Fsp3) is 0.188. The number of amides is 1. The van der Waals surface area contributed by atoms with Crippen LogP contribution < -0.4 is 5.32 Å². The van der Waals surface area contributed by atoms with Gasteiger partial charge < -0.3 is 10.4 Å². The number of rotatable bonds is 5. The summed E-state index contributed by atoms with van der Waals surface area (Å²) in [5.41, 5.74) is 1.69. The summed E-state index contributed by atoms with van der Waals surface area (Å²) in [6.45, 7) is 1.73. The largest absolute Gasteiger partial charge is 0.389 e. The Morgan fingerprint density at radius 3 is 2.40 bits per heavy atom. The molecule has 0 heterocycles. The van der Waals surface area contributed by atoms with Crippen LogP contribution >= 0.6 is 11.8 Å². The molecule has 0 aliphatic rings. The summed E-state index contributed by atoms with van der Waals surface area (Å²) in [5.74, 6) is 0.337. The average molecular weight is 287 g/mol. The minimum absolute atomic E-state index is 0.0270. The Labute approximate surface area is 123 Å². The van der Waals surface area contributed by atoms with Gasteiger partial charge in [-0.2, -0.15) is 0 Å². The number of aliphatic hydroxyl groups excluding tert-OH is 1. The van der Waals surface area contributed by atoms with Crippen LogP contribution in [0.3, 0.4) is 0 Å². The molecule has 0 radical (unpaired) electrons. The molecule has 0 fully saturated rings. The highest BCUT2D eigenvalue weighted by molar-refractivity contribution is 8.00. The van der Waals surface area contributed by atoms with Gasteiger partial charge >= 0.3 is 0 Å². The van der Waals surface area contributed by atoms with Gasteiger partial charge in [0.2, 0.25) is 5.91 Å². The molecule has 0 saturated carbocycles. The van der Waals surface area contributed by atoms with Crippen molar-refractivity contribution >= 4 is 23.4 Å². The van der Waals surface area contributed by atoms with E-state index in [2.05, 4.69) is 5.32 Å². The first-order valence-corrected chi connectivity index (χ1v) is 7.39. The van der Waals surface area contributed by atoms with E-state index in [0.29, 0.717) is 5.75 Å². The van der Waals surface area contributed by atoms with Crippen molar-refractivity contribution in [2.75, 3.05) is 11.1 Å². The van der Waals surface area contributed by atoms with Crippen LogP contribution in [-0.2, 0) is 4.79 Å². The molecule has 2 rings (SSSR count). The van der Waals surface area contributed by atoms with E-state index in [1.165, 1.54) is 11.8 Å². The third kappa shape index (κ3) is 4.40. The molecule has 2 N–H and O–H groups in total. The molecule has 2 aromatic rings. The second-order valence-electron chi connectivity index (χ2n) is 4.45. The van der Waals surface area contributed by atoms with Gasteiger partial charge in [0.15, 0.2) is 0 Å². The lowest BCUT2D eigenvalue weighted by molar-refractivity contribution is -0.113. The van der Waals surface area contributed by atoms with Crippen LogP contribution in [0.5, 0.6) is 0 Å². The standard InChI is InChI=1S/C16H17NO2S/c1-12(18)13-7-9-15(10-8-13)20-11-16(19)17-14-5-3-2-4-6-14/h2-10,12,18H,11H2,1H3,(H,17,19). The smallest absolute Gasteiger partial charge is 0.234 e. The number of thioether (sulfide) groups is 1. The van der Waals surface area contributed by atoms with Crippen LogP contribution in [0, 0.1) is 0 Å². The van der Waals surface area contributed by atoms with Crippen molar-refractivity contribution in [1.29, 1.82) is 0 Å². The summed E-state index contributed by atoms with van der Waals surface area (Å²) < 4.78 is 0. The number of para-hydroxylation sites is 1. The molecule has 104 valence electrons. The number of anilines is 1. The van der Waals surface area contributed by atoms with E-state index in [4.69, 9.17) is 0 Å². The van der Waals surface area contributed by atoms with Crippen LogP contribution in [-0.4, -0.2) is 16.8 Å². The zero-order chi connectivity index (χ0) is 14.4. The molecular formula is C16H17NO2S. The summed E-state index contributed by atoms with van der Waals surface area (Å²) in [6, 6.07) is 17.0. The first-order chi connectivity index (χ1) is 9.65. The first kappa shape index (κ1) is 14.6. The Morgan fingerprint density at radius 1 is 1.15 bits per heavy atom. The number of carbonyl (C=O) groups is 1. The molecule has 0 aromatic heterocycles. The molecule has 0 aliphatic carbocycles. The topological polar surface area (TPSA) is 49.3 Å². The summed E-state index contributed by atoms with van der Waals surface area (Å²) in [6.07, 6.45) is -0.463. The fourth-order valence-electron chi connectivity index (χ4n) is 1.71. The van der Waals surface area contributed by atoms with Crippen LogP contribution in [0.4, 0.5) is 5.69 Å². The van der Waals surface area contributed by atoms with E-state index in [9.17, 15) is 9.90 Å². The van der Waals surface area contributed by atoms with Gasteiger partial charge in [-0.05, 0) is 36.8 Å². The SMILES string of the molecule is CC(O)c1ccc(SCC(=O)Nc2ccccc2)cc1. The predicted molar refractivity (Wildman–Crippen MR) is 82.9 cm³/mol. The van der Waals surface area contributed by atoms with Gasteiger partial charge in [-0.3, -0.25) is 4.79 Å². The number of hydrogen-bond acceptors (Lipinski definition) is 3. The highest BCUT2D eigenvalue weighted by Crippen LogP contribution is 2.21. The Morgan fingerprint density at radius 2 is 1.80 bits per heavy atom. The molecule has 0 aliphatic heterocycles. The third-order valence-electron chi connectivity index (χ3n) is 2.79. The number of nitrogens with one attached hydrogen (secondary N) is 1. The lowest BCUT2D eigenvalue weighted by atomic mass is 10.1. The molecule has 20 heavy (non-hydrogen) atoms. The predicted octanol–water partition coefficient (Wildman–Crippen LogP) is 3.47. The van der Waals surface area contributed by atoms with Crippen molar-refractivity contribution in [2.45, 2.75) is 17.9 Å². The summed E-state index contributed by atoms with van der Waals surface area (Å²) in [4.78, 5) is 12.8. The Balaban J connectivity index is 1.84. The Hall–Kier alpha value is -1.78. The number of benzene rings is 2. The number of aliphatic hydroxyl groups is 1. The molecular weight excluding hydrogens is 270 g/mol. The number of carbonyl (C=O) groups excluding carboxylic acids is 1. The van der Waals surface area contributed by atoms with Crippen molar-refractivity contribution in [2.24, 2.45) is 0 Å². The van der Waals surface area contributed by atoms with Gasteiger partial charge in [0.05, 0.1) is 11.9 Å². The third-order valence-corrected chi connectivity index (χ3v) is 3.80. The average Bonchev–Trinajstić information content (AvgIpc) is 2.46. The molecule has 3 nitrogen and oxygen atoms in total. The summed E-state index contributed by atoms with van der Waals surface area (Å²) >= 11 is 1.47. The zero-order valence-electron chi connectivity index (χ0n) is 11.2. The van der Waals surface area contributed by atoms with E-state index in [-0.39, 0.29) is 5.91 Å². The second-order valence-corrected chi connectivity index (χ2v) is 5.50. The quantitative estimate of drug-likeness (QED) is 0.828. The zero-order valence-corrected chi connectivity index (χ0v) is 12.1. The van der Waals surface area contributed by atoms with Gasteiger partial charge in [-0.15, -0.1) is 11.8 Å². The lowest BCUT2D eigenvalue weighted by Crippen LogP contribution is -2.13. The highest BCUT2D eigenvalue weighted by atomic mass is 32.2. The van der Waals surface area contributed by atoms with Crippen LogP contribution in [0.15, 0.2) is 59.5 Å². The molecule has 2 aromatic carbocycles. The Bertz CT molecular complexity index is 552. The number of hydrogen-bond donors (Lipinski definition) is 2. The molecule has 4 heteroatoms. The maximum Gasteiger partial charge on any atom is 0.234 e. The minimum atomic E-state index is -0.463. The second kappa shape index (κ2) is 7.12. The summed E-state index contributed by atoms with van der Waals surface area (Å²) in [5, 5.41) is 12.3. The monoisotopic (exact) mass is 287 g/mol. The van der Waals surface area contributed by atoms with E-state index >= 15 is 0 Å². The normalized spacial score (nSPS) is 11.9. The lowest BCUT2D eigenvalue weighted by Gasteiger charge is -2.07. The minimum Gasteiger partial charge on any atom is -0.389 e. The summed E-state index contributed by atoms with van der Waals surface area (Å²) in [7, 11) is 0. The van der Waals surface area contributed by atoms with Gasteiger partial charge in [-0.1, -0.05) is 30.3 Å². The molecule has 0 saturated heterocycles. The van der Waals surface area contributed by atoms with Gasteiger partial charge in [0.25, 0.3) is 0 Å². The van der Waals surface area contributed by atoms with Gasteiger partial charge in [0.1, 0.15) is 0 Å². The maximum absolute atomic E-state index is 11.8. The molecule has 0 spiro atoms. The first-order valence-electron chi connectivity index (χ1n) is 6.41. The fourth-order valence-corrected chi connectivity index (χ4v) is 2.41. The molecule has 1 atom stereocenters. The molecule has 0 bridgehead atoms. The highest BCUT2D eigenvalue weighted by Gasteiger charge is 2.04. The van der Waals surface area contributed by atoms with Crippen molar-refractivity contribution < 1.29 is 9.90 Å². The van der Waals surface area contributed by atoms with Gasteiger partial charge in [0, 0.05) is 10.6 Å². The van der Waals surface area contributed by atoms with Crippen molar-refractivity contribution in [3.8, 4) is 0 Å². The van der Waals surface area contributed by atoms with Crippen LogP contribution in [0.1, 0.15) is 18.6 Å². The van der Waals surface area contributed by atoms with E-state index in [1.807, 2.05) is 54.6 Å². The van der Waals surface area contributed by atoms with Crippen molar-refractivity contribution in [1.82, 2.24) is 0 Å². The van der Waals surface area contributed by atoms with E-state index in [1.54, 1.807) is 6.92 Å². The van der Waals surface area contributed by atoms with Gasteiger partial charge in [-0.25, -0.2) is 0 Å². The van der Waals surface area contributed by atoms with Crippen molar-refractivity contribution in [3.05, 3.63) is 60.2 Å². The molecule has 1 unspecified atom stereocenters. The Kier molecular flexibility index (Phi) is 5.21. The van der Waals surface area contributed by atoms with E-state index in [0.717, 1.165) is 16.1 Å². The van der Waals surface area contributed by atoms with E-state index < -0.39 is 6.10 Å². The van der Waals surface area contributed by atoms with Crippen LogP contribution in [0.25, 0.3) is 0 Å². The van der Waals surface area contributed by atoms with Crippen molar-refractivity contribution in [3.63, 3.8) is 0 Å².